The molecule has 1 N–H and O–H groups in total. The highest BCUT2D eigenvalue weighted by Crippen LogP contribution is 2.39. The Hall–Kier alpha value is -3.57. The molecule has 0 aromatic heterocycles. The number of carbonyl (C=O) groups excluding carboxylic acids is 3. The number of rotatable bonds is 6. The van der Waals surface area contributed by atoms with E-state index >= 15 is 0 Å². The highest BCUT2D eigenvalue weighted by atomic mass is 35.5. The summed E-state index contributed by atoms with van der Waals surface area (Å²) < 4.78 is 35.9. The number of nitrogens with zero attached hydrogens (tertiary/aromatic N) is 1. The lowest BCUT2D eigenvalue weighted by Gasteiger charge is -2.27. The largest absolute Gasteiger partial charge is 0.493 e. The number of methoxy groups -OCH3 is 1. The van der Waals surface area contributed by atoms with E-state index in [9.17, 15) is 22.8 Å². The second kappa shape index (κ2) is 10.4. The second-order valence-corrected chi connectivity index (χ2v) is 10.2. The summed E-state index contributed by atoms with van der Waals surface area (Å²) in [6.07, 6.45) is 1.17. The van der Waals surface area contributed by atoms with Crippen LogP contribution in [0, 0.1) is 0 Å². The maximum Gasteiger partial charge on any atom is 0.339 e. The number of hydrogen-bond donors (Lipinski definition) is 1. The Morgan fingerprint density at radius 3 is 2.24 bits per heavy atom. The van der Waals surface area contributed by atoms with Crippen LogP contribution in [0.5, 0.6) is 11.5 Å². The van der Waals surface area contributed by atoms with Crippen LogP contribution in [0.15, 0.2) is 71.1 Å². The van der Waals surface area contributed by atoms with Crippen molar-refractivity contribution in [2.24, 2.45) is 0 Å². The molecule has 1 aliphatic heterocycles. The van der Waals surface area contributed by atoms with Gasteiger partial charge in [0.05, 0.1) is 22.8 Å². The van der Waals surface area contributed by atoms with E-state index in [1.165, 1.54) is 61.7 Å². The van der Waals surface area contributed by atoms with Crippen LogP contribution in [0.3, 0.4) is 0 Å². The lowest BCUT2D eigenvalue weighted by molar-refractivity contribution is -0.122. The van der Waals surface area contributed by atoms with Gasteiger partial charge in [0, 0.05) is 5.02 Å². The molecule has 9 nitrogen and oxygen atoms in total. The summed E-state index contributed by atoms with van der Waals surface area (Å²) in [7, 11) is -3.05. The zero-order valence-corrected chi connectivity index (χ0v) is 21.8. The quantitative estimate of drug-likeness (QED) is 0.245. The molecular weight excluding hydrogens is 567 g/mol. The molecular formula is C24H15Cl3N2O7S. The number of ether oxygens (including phenoxy) is 1. The van der Waals surface area contributed by atoms with Gasteiger partial charge >= 0.3 is 16.1 Å². The summed E-state index contributed by atoms with van der Waals surface area (Å²) >= 11 is 18.2. The number of barbiturate groups is 1. The Labute approximate surface area is 226 Å². The molecule has 0 aliphatic carbocycles. The van der Waals surface area contributed by atoms with E-state index in [0.29, 0.717) is 5.02 Å². The zero-order valence-electron chi connectivity index (χ0n) is 18.7. The summed E-state index contributed by atoms with van der Waals surface area (Å²) in [4.78, 5) is 38.6. The van der Waals surface area contributed by atoms with Gasteiger partial charge in [-0.1, -0.05) is 46.9 Å². The van der Waals surface area contributed by atoms with Crippen molar-refractivity contribution in [2.75, 3.05) is 12.0 Å². The number of hydrogen-bond acceptors (Lipinski definition) is 7. The maximum absolute atomic E-state index is 13.1. The molecule has 3 aromatic rings. The minimum atomic E-state index is -4.30. The number of halogens is 3. The van der Waals surface area contributed by atoms with Crippen molar-refractivity contribution in [3.05, 3.63) is 86.9 Å². The number of amides is 4. The van der Waals surface area contributed by atoms with Gasteiger partial charge in [-0.2, -0.15) is 8.42 Å². The van der Waals surface area contributed by atoms with Crippen LogP contribution in [0.1, 0.15) is 5.56 Å². The molecule has 1 fully saturated rings. The van der Waals surface area contributed by atoms with Crippen molar-refractivity contribution in [3.8, 4) is 11.5 Å². The van der Waals surface area contributed by atoms with Crippen molar-refractivity contribution in [1.82, 2.24) is 5.32 Å². The Balaban J connectivity index is 1.71. The van der Waals surface area contributed by atoms with E-state index < -0.39 is 33.5 Å². The van der Waals surface area contributed by atoms with Crippen LogP contribution in [-0.4, -0.2) is 33.4 Å². The smallest absolute Gasteiger partial charge is 0.339 e. The first-order valence-corrected chi connectivity index (χ1v) is 12.8. The Bertz CT molecular complexity index is 1570. The van der Waals surface area contributed by atoms with Crippen molar-refractivity contribution >= 4 is 74.5 Å². The third-order valence-corrected chi connectivity index (χ3v) is 7.14. The molecule has 0 saturated carbocycles. The Morgan fingerprint density at radius 1 is 0.919 bits per heavy atom. The van der Waals surface area contributed by atoms with Crippen LogP contribution < -0.4 is 19.1 Å². The first kappa shape index (κ1) is 26.5. The van der Waals surface area contributed by atoms with E-state index in [1.807, 2.05) is 0 Å². The third kappa shape index (κ3) is 5.42. The number of urea groups is 1. The maximum atomic E-state index is 13.1. The van der Waals surface area contributed by atoms with Gasteiger partial charge in [0.15, 0.2) is 5.75 Å². The van der Waals surface area contributed by atoms with Crippen molar-refractivity contribution in [1.29, 1.82) is 0 Å². The molecule has 1 saturated heterocycles. The molecule has 13 heteroatoms. The first-order chi connectivity index (χ1) is 17.5. The summed E-state index contributed by atoms with van der Waals surface area (Å²) in [5.41, 5.74) is -0.137. The molecule has 0 radical (unpaired) electrons. The standard InChI is InChI=1S/C24H15Cl3N2O7S/c1-35-20-12-13(11-18(27)21(20)36-37(33,34)15-8-6-14(25)7-9-15)10-16-22(30)28-24(32)29(23(16)31)19-5-3-2-4-17(19)26/h2-12H,1H3,(H,28,30,32)/b16-10+. The predicted octanol–water partition coefficient (Wildman–Crippen LogP) is 5.09. The molecule has 0 spiro atoms. The number of benzene rings is 3. The Morgan fingerprint density at radius 2 is 1.59 bits per heavy atom. The zero-order chi connectivity index (χ0) is 26.9. The summed E-state index contributed by atoms with van der Waals surface area (Å²) in [6.45, 7) is 0. The molecule has 190 valence electrons. The molecule has 3 aromatic carbocycles. The Kier molecular flexibility index (Phi) is 7.47. The van der Waals surface area contributed by atoms with Gasteiger partial charge in [0.1, 0.15) is 10.5 Å². The van der Waals surface area contributed by atoms with Gasteiger partial charge in [0.25, 0.3) is 11.8 Å². The third-order valence-electron chi connectivity index (χ3n) is 5.05. The SMILES string of the molecule is COc1cc(/C=C2\C(=O)NC(=O)N(c3ccccc3Cl)C2=O)cc(Cl)c1OS(=O)(=O)c1ccc(Cl)cc1. The fourth-order valence-electron chi connectivity index (χ4n) is 3.34. The van der Waals surface area contributed by atoms with Crippen LogP contribution in [-0.2, 0) is 19.7 Å². The number of imide groups is 2. The number of carbonyl (C=O) groups is 3. The first-order valence-electron chi connectivity index (χ1n) is 10.3. The van der Waals surface area contributed by atoms with Crippen molar-refractivity contribution < 1.29 is 31.7 Å². The van der Waals surface area contributed by atoms with Crippen LogP contribution in [0.4, 0.5) is 10.5 Å². The number of anilines is 1. The summed E-state index contributed by atoms with van der Waals surface area (Å²) in [5.74, 6) is -2.28. The lowest BCUT2D eigenvalue weighted by atomic mass is 10.1. The van der Waals surface area contributed by atoms with E-state index in [4.69, 9.17) is 43.7 Å². The van der Waals surface area contributed by atoms with Crippen LogP contribution in [0.25, 0.3) is 6.08 Å². The molecule has 37 heavy (non-hydrogen) atoms. The van der Waals surface area contributed by atoms with E-state index in [2.05, 4.69) is 5.32 Å². The molecule has 0 atom stereocenters. The summed E-state index contributed by atoms with van der Waals surface area (Å²) in [6, 6.07) is 13.0. The highest BCUT2D eigenvalue weighted by molar-refractivity contribution is 7.87. The van der Waals surface area contributed by atoms with Gasteiger partial charge < -0.3 is 8.92 Å². The second-order valence-electron chi connectivity index (χ2n) is 7.43. The number of para-hydroxylation sites is 1. The highest BCUT2D eigenvalue weighted by Gasteiger charge is 2.37. The normalized spacial score (nSPS) is 15.1. The monoisotopic (exact) mass is 580 g/mol. The van der Waals surface area contributed by atoms with Crippen LogP contribution in [0.2, 0.25) is 15.1 Å². The van der Waals surface area contributed by atoms with E-state index in [1.54, 1.807) is 12.1 Å². The van der Waals surface area contributed by atoms with E-state index in [-0.39, 0.29) is 37.7 Å². The molecule has 4 amide bonds. The summed E-state index contributed by atoms with van der Waals surface area (Å²) in [5, 5.41) is 2.35. The number of nitrogens with one attached hydrogen (secondary N) is 1. The van der Waals surface area contributed by atoms with Gasteiger partial charge in [0.2, 0.25) is 5.75 Å². The topological polar surface area (TPSA) is 119 Å². The van der Waals surface area contributed by atoms with Crippen molar-refractivity contribution in [3.63, 3.8) is 0 Å². The molecule has 1 aliphatic rings. The van der Waals surface area contributed by atoms with Crippen molar-refractivity contribution in [2.45, 2.75) is 4.90 Å². The minimum Gasteiger partial charge on any atom is -0.493 e. The minimum absolute atomic E-state index is 0.0804. The van der Waals surface area contributed by atoms with Gasteiger partial charge in [-0.3, -0.25) is 14.9 Å². The predicted molar refractivity (Wildman–Crippen MR) is 138 cm³/mol. The molecule has 0 unspecified atom stereocenters. The average Bonchev–Trinajstić information content (AvgIpc) is 2.84. The van der Waals surface area contributed by atoms with Crippen LogP contribution >= 0.6 is 34.8 Å². The fraction of sp³-hybridized carbons (Fsp3) is 0.0417. The van der Waals surface area contributed by atoms with Gasteiger partial charge in [-0.15, -0.1) is 0 Å². The molecule has 4 rings (SSSR count). The molecule has 1 heterocycles. The average molecular weight is 582 g/mol. The van der Waals surface area contributed by atoms with Gasteiger partial charge in [-0.25, -0.2) is 9.69 Å². The lowest BCUT2D eigenvalue weighted by Crippen LogP contribution is -2.54. The van der Waals surface area contributed by atoms with Gasteiger partial charge in [-0.05, 0) is 60.2 Å². The van der Waals surface area contributed by atoms with E-state index in [0.717, 1.165) is 4.90 Å². The fourth-order valence-corrected chi connectivity index (χ4v) is 4.95. The molecule has 0 bridgehead atoms.